The van der Waals surface area contributed by atoms with E-state index in [-0.39, 0.29) is 0 Å². The molecule has 30 heavy (non-hydrogen) atoms. The van der Waals surface area contributed by atoms with E-state index >= 15 is 0 Å². The third-order valence-electron chi connectivity index (χ3n) is 5.20. The van der Waals surface area contributed by atoms with Crippen molar-refractivity contribution in [3.63, 3.8) is 0 Å². The standard InChI is InChI=1S/C28H21NS/c1-3-9-24(10-4-1)29(25-11-5-2-6-12-25)28-18-17-23(16-15-22-19-20-30-21-22)26-13-7-8-14-27(26)28/h1-21H/b16-15+. The Balaban J connectivity index is 1.68. The summed E-state index contributed by atoms with van der Waals surface area (Å²) in [6.07, 6.45) is 4.40. The van der Waals surface area contributed by atoms with Crippen LogP contribution >= 0.6 is 11.3 Å². The lowest BCUT2D eigenvalue weighted by atomic mass is 10.0. The fourth-order valence-corrected chi connectivity index (χ4v) is 4.41. The van der Waals surface area contributed by atoms with Crippen LogP contribution in [-0.4, -0.2) is 0 Å². The van der Waals surface area contributed by atoms with Crippen LogP contribution in [-0.2, 0) is 0 Å². The molecule has 0 N–H and O–H groups in total. The normalized spacial score (nSPS) is 11.2. The smallest absolute Gasteiger partial charge is 0.0540 e. The van der Waals surface area contributed by atoms with Gasteiger partial charge in [-0.2, -0.15) is 11.3 Å². The molecule has 2 heteroatoms. The number of hydrogen-bond donors (Lipinski definition) is 0. The topological polar surface area (TPSA) is 3.24 Å². The number of hydrogen-bond acceptors (Lipinski definition) is 2. The highest BCUT2D eigenvalue weighted by Gasteiger charge is 2.15. The first-order chi connectivity index (χ1) is 14.9. The Kier molecular flexibility index (Phi) is 5.15. The van der Waals surface area contributed by atoms with Crippen molar-refractivity contribution < 1.29 is 0 Å². The lowest BCUT2D eigenvalue weighted by Crippen LogP contribution is -2.10. The van der Waals surface area contributed by atoms with E-state index in [9.17, 15) is 0 Å². The average molecular weight is 404 g/mol. The molecule has 1 nitrogen and oxygen atoms in total. The van der Waals surface area contributed by atoms with Gasteiger partial charge in [0, 0.05) is 16.8 Å². The minimum absolute atomic E-state index is 1.15. The molecule has 0 fully saturated rings. The highest BCUT2D eigenvalue weighted by Crippen LogP contribution is 2.39. The molecule has 0 aliphatic rings. The fourth-order valence-electron chi connectivity index (χ4n) is 3.78. The highest BCUT2D eigenvalue weighted by molar-refractivity contribution is 7.08. The summed E-state index contributed by atoms with van der Waals surface area (Å²) in [5.41, 5.74) is 5.94. The summed E-state index contributed by atoms with van der Waals surface area (Å²) in [5.74, 6) is 0. The van der Waals surface area contributed by atoms with Crippen molar-refractivity contribution in [2.75, 3.05) is 4.90 Å². The maximum atomic E-state index is 2.33. The number of para-hydroxylation sites is 2. The van der Waals surface area contributed by atoms with Crippen molar-refractivity contribution in [3.8, 4) is 0 Å². The lowest BCUT2D eigenvalue weighted by molar-refractivity contribution is 1.30. The van der Waals surface area contributed by atoms with Gasteiger partial charge in [-0.15, -0.1) is 0 Å². The highest BCUT2D eigenvalue weighted by atomic mass is 32.1. The molecular weight excluding hydrogens is 382 g/mol. The second-order valence-electron chi connectivity index (χ2n) is 7.12. The number of fused-ring (bicyclic) bond motifs is 1. The first-order valence-electron chi connectivity index (χ1n) is 10.0. The molecule has 5 aromatic rings. The molecule has 0 unspecified atom stereocenters. The maximum absolute atomic E-state index is 2.33. The van der Waals surface area contributed by atoms with E-state index in [2.05, 4.69) is 131 Å². The van der Waals surface area contributed by atoms with Crippen LogP contribution in [0.1, 0.15) is 11.1 Å². The molecule has 0 aliphatic heterocycles. The molecule has 0 atom stereocenters. The zero-order valence-electron chi connectivity index (χ0n) is 16.5. The zero-order valence-corrected chi connectivity index (χ0v) is 17.3. The van der Waals surface area contributed by atoms with Crippen LogP contribution in [0.4, 0.5) is 17.1 Å². The van der Waals surface area contributed by atoms with Gasteiger partial charge in [0.05, 0.1) is 5.69 Å². The van der Waals surface area contributed by atoms with Crippen molar-refractivity contribution in [1.29, 1.82) is 0 Å². The van der Waals surface area contributed by atoms with Gasteiger partial charge in [0.2, 0.25) is 0 Å². The molecule has 144 valence electrons. The van der Waals surface area contributed by atoms with Crippen molar-refractivity contribution in [3.05, 3.63) is 125 Å². The molecule has 0 spiro atoms. The van der Waals surface area contributed by atoms with Crippen LogP contribution in [0, 0.1) is 0 Å². The van der Waals surface area contributed by atoms with E-state index < -0.39 is 0 Å². The summed E-state index contributed by atoms with van der Waals surface area (Å²) in [6, 6.07) is 36.4. The van der Waals surface area contributed by atoms with Crippen LogP contribution < -0.4 is 4.90 Å². The second-order valence-corrected chi connectivity index (χ2v) is 7.90. The van der Waals surface area contributed by atoms with Gasteiger partial charge in [-0.25, -0.2) is 0 Å². The van der Waals surface area contributed by atoms with Crippen LogP contribution in [0.15, 0.2) is 114 Å². The van der Waals surface area contributed by atoms with Crippen LogP contribution in [0.2, 0.25) is 0 Å². The number of rotatable bonds is 5. The minimum Gasteiger partial charge on any atom is -0.310 e. The predicted octanol–water partition coefficient (Wildman–Crippen LogP) is 8.54. The van der Waals surface area contributed by atoms with E-state index in [1.807, 2.05) is 0 Å². The maximum Gasteiger partial charge on any atom is 0.0540 e. The SMILES string of the molecule is C(=C\c1ccc(N(c2ccccc2)c2ccccc2)c2ccccc12)/c1ccsc1. The van der Waals surface area contributed by atoms with Crippen LogP contribution in [0.3, 0.4) is 0 Å². The molecule has 0 aliphatic carbocycles. The molecule has 0 saturated carbocycles. The molecule has 0 amide bonds. The van der Waals surface area contributed by atoms with Gasteiger partial charge in [0.1, 0.15) is 0 Å². The molecular formula is C28H21NS. The van der Waals surface area contributed by atoms with Gasteiger partial charge in [0.25, 0.3) is 0 Å². The Labute approximate surface area is 181 Å². The molecule has 0 bridgehead atoms. The van der Waals surface area contributed by atoms with E-state index in [1.165, 1.54) is 27.6 Å². The number of benzene rings is 4. The Bertz CT molecular complexity index is 1230. The fraction of sp³-hybridized carbons (Fsp3) is 0. The third kappa shape index (κ3) is 3.66. The molecule has 0 radical (unpaired) electrons. The minimum atomic E-state index is 1.15. The van der Waals surface area contributed by atoms with Gasteiger partial charge in [-0.05, 0) is 63.7 Å². The van der Waals surface area contributed by atoms with E-state index in [1.54, 1.807) is 11.3 Å². The van der Waals surface area contributed by atoms with Crippen molar-refractivity contribution in [2.24, 2.45) is 0 Å². The van der Waals surface area contributed by atoms with Crippen molar-refractivity contribution in [2.45, 2.75) is 0 Å². The van der Waals surface area contributed by atoms with Crippen molar-refractivity contribution in [1.82, 2.24) is 0 Å². The number of anilines is 3. The van der Waals surface area contributed by atoms with Crippen LogP contribution in [0.5, 0.6) is 0 Å². The average Bonchev–Trinajstić information content (AvgIpc) is 3.34. The van der Waals surface area contributed by atoms with Gasteiger partial charge < -0.3 is 4.90 Å². The molecule has 0 saturated heterocycles. The zero-order chi connectivity index (χ0) is 20.2. The predicted molar refractivity (Wildman–Crippen MR) is 132 cm³/mol. The summed E-state index contributed by atoms with van der Waals surface area (Å²) in [7, 11) is 0. The van der Waals surface area contributed by atoms with Gasteiger partial charge in [-0.3, -0.25) is 0 Å². The number of nitrogens with zero attached hydrogens (tertiary/aromatic N) is 1. The summed E-state index contributed by atoms with van der Waals surface area (Å²) in [5, 5.41) is 6.76. The summed E-state index contributed by atoms with van der Waals surface area (Å²) < 4.78 is 0. The Morgan fingerprint density at radius 2 is 1.20 bits per heavy atom. The summed E-state index contributed by atoms with van der Waals surface area (Å²) in [6.45, 7) is 0. The summed E-state index contributed by atoms with van der Waals surface area (Å²) in [4.78, 5) is 2.33. The Morgan fingerprint density at radius 1 is 0.567 bits per heavy atom. The quantitative estimate of drug-likeness (QED) is 0.284. The first-order valence-corrected chi connectivity index (χ1v) is 11.0. The first kappa shape index (κ1) is 18.4. The largest absolute Gasteiger partial charge is 0.310 e. The molecule has 4 aromatic carbocycles. The van der Waals surface area contributed by atoms with Crippen molar-refractivity contribution >= 4 is 51.3 Å². The lowest BCUT2D eigenvalue weighted by Gasteiger charge is -2.27. The second kappa shape index (κ2) is 8.40. The van der Waals surface area contributed by atoms with Crippen LogP contribution in [0.25, 0.3) is 22.9 Å². The Hall–Kier alpha value is -3.62. The van der Waals surface area contributed by atoms with Gasteiger partial charge in [0.15, 0.2) is 0 Å². The third-order valence-corrected chi connectivity index (χ3v) is 5.90. The van der Waals surface area contributed by atoms with Gasteiger partial charge >= 0.3 is 0 Å². The van der Waals surface area contributed by atoms with E-state index in [4.69, 9.17) is 0 Å². The number of thiophene rings is 1. The molecule has 1 heterocycles. The summed E-state index contributed by atoms with van der Waals surface area (Å²) >= 11 is 1.72. The van der Waals surface area contributed by atoms with Gasteiger partial charge in [-0.1, -0.05) is 78.9 Å². The Morgan fingerprint density at radius 3 is 1.83 bits per heavy atom. The van der Waals surface area contributed by atoms with E-state index in [0.717, 1.165) is 11.4 Å². The molecule has 5 rings (SSSR count). The van der Waals surface area contributed by atoms with E-state index in [0.29, 0.717) is 0 Å². The molecule has 1 aromatic heterocycles. The monoisotopic (exact) mass is 403 g/mol.